The van der Waals surface area contributed by atoms with Gasteiger partial charge in [0, 0.05) is 56.2 Å². The molecule has 2 heterocycles. The highest BCUT2D eigenvalue weighted by molar-refractivity contribution is 7.96. The Morgan fingerprint density at radius 2 is 1.84 bits per heavy atom. The van der Waals surface area contributed by atoms with Crippen LogP contribution in [-0.4, -0.2) is 91.8 Å². The predicted molar refractivity (Wildman–Crippen MR) is 140 cm³/mol. The Morgan fingerprint density at radius 1 is 1.14 bits per heavy atom. The van der Waals surface area contributed by atoms with E-state index in [2.05, 4.69) is 4.90 Å². The van der Waals surface area contributed by atoms with Gasteiger partial charge in [0.2, 0.25) is 10.0 Å². The van der Waals surface area contributed by atoms with Gasteiger partial charge in [0.1, 0.15) is 0 Å². The average molecular weight is 560 g/mol. The molecule has 0 aromatic heterocycles. The van der Waals surface area contributed by atoms with Gasteiger partial charge in [-0.15, -0.1) is 0 Å². The Balaban J connectivity index is 1.60. The molecule has 2 fully saturated rings. The van der Waals surface area contributed by atoms with E-state index in [0.717, 1.165) is 6.92 Å². The molecule has 37 heavy (non-hydrogen) atoms. The fourth-order valence-corrected chi connectivity index (χ4v) is 7.00. The zero-order chi connectivity index (χ0) is 27.0. The van der Waals surface area contributed by atoms with Crippen molar-refractivity contribution >= 4 is 32.8 Å². The molecule has 0 amide bonds. The van der Waals surface area contributed by atoms with Crippen molar-refractivity contribution in [2.45, 2.75) is 44.2 Å². The summed E-state index contributed by atoms with van der Waals surface area (Å²) >= 11 is 5.33. The number of hydrogen-bond donors (Lipinski definition) is 1. The lowest BCUT2D eigenvalue weighted by atomic mass is 9.95. The van der Waals surface area contributed by atoms with Crippen molar-refractivity contribution in [1.29, 1.82) is 0 Å². The number of anilines is 1. The minimum Gasteiger partial charge on any atom is -0.376 e. The maximum absolute atomic E-state index is 13.5. The van der Waals surface area contributed by atoms with E-state index in [0.29, 0.717) is 49.8 Å². The van der Waals surface area contributed by atoms with E-state index in [1.807, 2.05) is 17.9 Å². The van der Waals surface area contributed by atoms with Crippen molar-refractivity contribution in [3.63, 3.8) is 0 Å². The number of aliphatic hydroxyl groups is 1. The minimum absolute atomic E-state index is 0.0473. The number of nitrogens with zero attached hydrogens (tertiary/aromatic N) is 3. The molecule has 1 aromatic carbocycles. The number of morpholine rings is 1. The minimum atomic E-state index is -4.81. The lowest BCUT2D eigenvalue weighted by molar-refractivity contribution is -0.258. The van der Waals surface area contributed by atoms with Crippen molar-refractivity contribution in [2.75, 3.05) is 50.8 Å². The first-order valence-electron chi connectivity index (χ1n) is 12.2. The van der Waals surface area contributed by atoms with Crippen LogP contribution in [0.25, 0.3) is 0 Å². The van der Waals surface area contributed by atoms with Crippen LogP contribution < -0.4 is 4.90 Å². The van der Waals surface area contributed by atoms with Crippen LogP contribution in [-0.2, 0) is 20.4 Å². The van der Waals surface area contributed by atoms with Crippen LogP contribution in [0.15, 0.2) is 47.4 Å². The Bertz CT molecular complexity index is 1170. The van der Waals surface area contributed by atoms with Gasteiger partial charge in [0.05, 0.1) is 23.7 Å². The molecule has 3 atom stereocenters. The third-order valence-corrected chi connectivity index (χ3v) is 9.60. The molecule has 1 aliphatic carbocycles. The summed E-state index contributed by atoms with van der Waals surface area (Å²) in [6, 6.07) is 5.40. The zero-order valence-corrected chi connectivity index (χ0v) is 22.4. The van der Waals surface area contributed by atoms with Gasteiger partial charge < -0.3 is 14.7 Å². The number of piperazine rings is 1. The number of ether oxygens (including phenoxy) is 1. The normalized spacial score (nSPS) is 26.2. The quantitative estimate of drug-likeness (QED) is 0.537. The van der Waals surface area contributed by atoms with E-state index >= 15 is 0 Å². The number of alkyl halides is 3. The van der Waals surface area contributed by atoms with Gasteiger partial charge in [-0.1, -0.05) is 36.5 Å². The Morgan fingerprint density at radius 3 is 2.46 bits per heavy atom. The van der Waals surface area contributed by atoms with Crippen LogP contribution in [0, 0.1) is 0 Å². The highest BCUT2D eigenvalue weighted by Gasteiger charge is 2.51. The largest absolute Gasteiger partial charge is 0.421 e. The van der Waals surface area contributed by atoms with Crippen LogP contribution in [0.3, 0.4) is 0 Å². The Kier molecular flexibility index (Phi) is 8.18. The predicted octanol–water partition coefficient (Wildman–Crippen LogP) is 3.21. The summed E-state index contributed by atoms with van der Waals surface area (Å²) in [5.74, 6) is 0. The lowest BCUT2D eigenvalue weighted by Gasteiger charge is -2.45. The molecule has 7 nitrogen and oxygen atoms in total. The summed E-state index contributed by atoms with van der Waals surface area (Å²) in [6.07, 6.45) is 0.699. The Hall–Kier alpha value is -1.83. The second kappa shape index (κ2) is 10.7. The second-order valence-electron chi connectivity index (χ2n) is 9.85. The van der Waals surface area contributed by atoms with Crippen LogP contribution in [0.4, 0.5) is 18.9 Å². The van der Waals surface area contributed by atoms with Crippen LogP contribution in [0.2, 0.25) is 0 Å². The standard InChI is InChI=1S/C25H32F3N3O4S2/c1-18-15-29(13-14-35-18)16-21-17-30(37(33,34)23-6-4-3-5-22(23)36)11-12-31(21)20-9-7-19(8-10-20)24(2,32)25(26,27)28/h3-4,6-10,18,21,32H,5,11-17H2,1-2H3/t18-,21-,24+/m0/s1. The molecule has 0 radical (unpaired) electrons. The number of hydrogen-bond acceptors (Lipinski definition) is 7. The molecule has 2 saturated heterocycles. The van der Waals surface area contributed by atoms with Crippen molar-refractivity contribution in [3.05, 3.63) is 53.0 Å². The van der Waals surface area contributed by atoms with Gasteiger partial charge in [-0.05, 0) is 37.6 Å². The Labute approximate surface area is 221 Å². The van der Waals surface area contributed by atoms with Crippen molar-refractivity contribution in [2.24, 2.45) is 0 Å². The third-order valence-electron chi connectivity index (χ3n) is 7.13. The zero-order valence-electron chi connectivity index (χ0n) is 20.8. The molecule has 204 valence electrons. The van der Waals surface area contributed by atoms with Gasteiger partial charge in [-0.2, -0.15) is 17.5 Å². The first-order chi connectivity index (χ1) is 17.3. The van der Waals surface area contributed by atoms with Crippen LogP contribution in [0.1, 0.15) is 25.8 Å². The highest BCUT2D eigenvalue weighted by Crippen LogP contribution is 2.39. The monoisotopic (exact) mass is 559 g/mol. The number of halogens is 3. The third kappa shape index (κ3) is 5.94. The van der Waals surface area contributed by atoms with E-state index in [4.69, 9.17) is 17.0 Å². The molecule has 2 aliphatic heterocycles. The number of thiocarbonyl (C=S) groups is 1. The summed E-state index contributed by atoms with van der Waals surface area (Å²) < 4.78 is 74.0. The summed E-state index contributed by atoms with van der Waals surface area (Å²) in [6.45, 7) is 6.03. The van der Waals surface area contributed by atoms with Crippen molar-refractivity contribution < 1.29 is 31.4 Å². The maximum Gasteiger partial charge on any atom is 0.421 e. The van der Waals surface area contributed by atoms with E-state index in [9.17, 15) is 26.7 Å². The maximum atomic E-state index is 13.5. The molecule has 0 bridgehead atoms. The van der Waals surface area contributed by atoms with Gasteiger partial charge in [-0.3, -0.25) is 4.90 Å². The van der Waals surface area contributed by atoms with Crippen LogP contribution in [0.5, 0.6) is 0 Å². The highest BCUT2D eigenvalue weighted by atomic mass is 32.2. The molecular formula is C25H32F3N3O4S2. The van der Waals surface area contributed by atoms with Crippen LogP contribution >= 0.6 is 12.2 Å². The van der Waals surface area contributed by atoms with Gasteiger partial charge >= 0.3 is 6.18 Å². The van der Waals surface area contributed by atoms with E-state index in [-0.39, 0.29) is 35.7 Å². The van der Waals surface area contributed by atoms with Gasteiger partial charge in [-0.25, -0.2) is 8.42 Å². The number of sulfonamides is 1. The molecule has 0 saturated carbocycles. The summed E-state index contributed by atoms with van der Waals surface area (Å²) in [7, 11) is -3.79. The molecule has 1 aromatic rings. The molecule has 0 unspecified atom stereocenters. The summed E-state index contributed by atoms with van der Waals surface area (Å²) in [5, 5.41) is 10.0. The molecule has 3 aliphatic rings. The van der Waals surface area contributed by atoms with Gasteiger partial charge in [0.15, 0.2) is 5.60 Å². The van der Waals surface area contributed by atoms with E-state index in [1.54, 1.807) is 18.2 Å². The van der Waals surface area contributed by atoms with Crippen molar-refractivity contribution in [1.82, 2.24) is 9.21 Å². The van der Waals surface area contributed by atoms with E-state index in [1.165, 1.54) is 22.5 Å². The average Bonchev–Trinajstić information content (AvgIpc) is 2.83. The molecule has 0 spiro atoms. The molecular weight excluding hydrogens is 527 g/mol. The van der Waals surface area contributed by atoms with Gasteiger partial charge in [0.25, 0.3) is 0 Å². The first kappa shape index (κ1) is 28.2. The summed E-state index contributed by atoms with van der Waals surface area (Å²) in [5.41, 5.74) is -2.56. The van der Waals surface area contributed by atoms with E-state index < -0.39 is 21.8 Å². The number of allylic oxidation sites excluding steroid dienone is 4. The fraction of sp³-hybridized carbons (Fsp3) is 0.560. The molecule has 12 heteroatoms. The smallest absolute Gasteiger partial charge is 0.376 e. The van der Waals surface area contributed by atoms with Crippen molar-refractivity contribution in [3.8, 4) is 0 Å². The summed E-state index contributed by atoms with van der Waals surface area (Å²) in [4.78, 5) is 4.79. The lowest BCUT2D eigenvalue weighted by Crippen LogP contribution is -2.59. The topological polar surface area (TPSA) is 73.3 Å². The number of benzene rings is 1. The molecule has 4 rings (SSSR count). The fourth-order valence-electron chi connectivity index (χ4n) is 4.93. The first-order valence-corrected chi connectivity index (χ1v) is 14.1. The molecule has 1 N–H and O–H groups in total. The number of rotatable bonds is 6. The SMILES string of the molecule is C[C@H]1CN(C[C@H]2CN(S(=O)(=O)C3=CC=CCC3=S)CCN2c2ccc([C@@](C)(O)C(F)(F)F)cc2)CCO1. The second-order valence-corrected chi connectivity index (χ2v) is 12.3.